The molecule has 0 fully saturated rings. The molecule has 19 heavy (non-hydrogen) atoms. The van der Waals surface area contributed by atoms with Crippen LogP contribution in [0.25, 0.3) is 10.9 Å². The first-order valence-corrected chi connectivity index (χ1v) is 5.90. The lowest BCUT2D eigenvalue weighted by Crippen LogP contribution is -2.38. The van der Waals surface area contributed by atoms with Crippen LogP contribution in [0.2, 0.25) is 0 Å². The molecular formula is C13H16N4O2. The van der Waals surface area contributed by atoms with Gasteiger partial charge in [-0.25, -0.2) is 0 Å². The fourth-order valence-electron chi connectivity index (χ4n) is 1.77. The summed E-state index contributed by atoms with van der Waals surface area (Å²) in [5.74, 6) is 0.119. The van der Waals surface area contributed by atoms with E-state index in [-0.39, 0.29) is 11.9 Å². The lowest BCUT2D eigenvalue weighted by Gasteiger charge is -2.12. The number of ether oxygens (including phenoxy) is 1. The summed E-state index contributed by atoms with van der Waals surface area (Å²) in [4.78, 5) is 16.1. The predicted octanol–water partition coefficient (Wildman–Crippen LogP) is 1.53. The number of hydrogen-bond donors (Lipinski definition) is 3. The van der Waals surface area contributed by atoms with Crippen LogP contribution in [-0.2, 0) is 0 Å². The molecule has 0 aliphatic rings. The number of hydrogen-bond acceptors (Lipinski definition) is 3. The summed E-state index contributed by atoms with van der Waals surface area (Å²) in [6.07, 6.45) is 0. The summed E-state index contributed by atoms with van der Waals surface area (Å²) in [5, 5.41) is 8.13. The molecule has 100 valence electrons. The summed E-state index contributed by atoms with van der Waals surface area (Å²) in [6, 6.07) is 7.27. The Morgan fingerprint density at radius 3 is 2.84 bits per heavy atom. The van der Waals surface area contributed by atoms with Gasteiger partial charge >= 0.3 is 0 Å². The van der Waals surface area contributed by atoms with Crippen molar-refractivity contribution in [2.24, 2.45) is 5.73 Å². The molecule has 0 aliphatic heterocycles. The lowest BCUT2D eigenvalue weighted by atomic mass is 10.2. The number of nitrogens with two attached hydrogens (primary N) is 1. The highest BCUT2D eigenvalue weighted by Gasteiger charge is 2.16. The number of carbonyl (C=O) groups excluding carboxylic acids is 1. The number of nitrogens with one attached hydrogen (secondary N) is 2. The molecule has 1 heterocycles. The Balaban J connectivity index is 2.36. The van der Waals surface area contributed by atoms with Gasteiger partial charge in [-0.3, -0.25) is 15.1 Å². The lowest BCUT2D eigenvalue weighted by molar-refractivity contribution is 0.0864. The Morgan fingerprint density at radius 1 is 1.47 bits per heavy atom. The fourth-order valence-corrected chi connectivity index (χ4v) is 1.77. The third-order valence-corrected chi connectivity index (χ3v) is 2.80. The first kappa shape index (κ1) is 12.9. The van der Waals surface area contributed by atoms with Crippen molar-refractivity contribution in [3.63, 3.8) is 0 Å². The van der Waals surface area contributed by atoms with Crippen LogP contribution < -0.4 is 10.5 Å². The van der Waals surface area contributed by atoms with Gasteiger partial charge in [0.2, 0.25) is 0 Å². The highest BCUT2D eigenvalue weighted by Crippen LogP contribution is 2.22. The number of rotatable bonds is 3. The Labute approximate surface area is 110 Å². The molecule has 0 radical (unpaired) electrons. The van der Waals surface area contributed by atoms with Crippen molar-refractivity contribution in [1.82, 2.24) is 9.88 Å². The number of amides is 1. The summed E-state index contributed by atoms with van der Waals surface area (Å²) in [6.45, 7) is 2.51. The van der Waals surface area contributed by atoms with Gasteiger partial charge in [-0.05, 0) is 31.2 Å². The average molecular weight is 260 g/mol. The van der Waals surface area contributed by atoms with E-state index < -0.39 is 0 Å². The normalized spacial score (nSPS) is 10.4. The minimum Gasteiger partial charge on any atom is -0.494 e. The molecular weight excluding hydrogens is 244 g/mol. The van der Waals surface area contributed by atoms with Crippen LogP contribution >= 0.6 is 0 Å². The van der Waals surface area contributed by atoms with Gasteiger partial charge < -0.3 is 15.5 Å². The number of fused-ring (bicyclic) bond motifs is 1. The van der Waals surface area contributed by atoms with Crippen LogP contribution in [0.5, 0.6) is 5.75 Å². The maximum Gasteiger partial charge on any atom is 0.276 e. The van der Waals surface area contributed by atoms with Crippen molar-refractivity contribution in [2.75, 3.05) is 13.7 Å². The number of guanidine groups is 1. The Morgan fingerprint density at radius 2 is 2.21 bits per heavy atom. The molecule has 2 aromatic rings. The smallest absolute Gasteiger partial charge is 0.276 e. The largest absolute Gasteiger partial charge is 0.494 e. The Hall–Kier alpha value is -2.50. The molecule has 0 aliphatic carbocycles. The molecule has 1 aromatic heterocycles. The van der Waals surface area contributed by atoms with E-state index in [1.165, 1.54) is 7.05 Å². The van der Waals surface area contributed by atoms with Crippen molar-refractivity contribution in [2.45, 2.75) is 6.92 Å². The molecule has 6 heteroatoms. The second-order valence-corrected chi connectivity index (χ2v) is 4.11. The van der Waals surface area contributed by atoms with Crippen LogP contribution in [0.4, 0.5) is 0 Å². The summed E-state index contributed by atoms with van der Waals surface area (Å²) in [5.41, 5.74) is 6.51. The second-order valence-electron chi connectivity index (χ2n) is 4.11. The van der Waals surface area contributed by atoms with Crippen LogP contribution in [0.15, 0.2) is 24.3 Å². The maximum absolute atomic E-state index is 12.0. The first-order chi connectivity index (χ1) is 9.02. The molecule has 2 rings (SSSR count). The molecule has 0 saturated heterocycles. The predicted molar refractivity (Wildman–Crippen MR) is 73.5 cm³/mol. The zero-order valence-electron chi connectivity index (χ0n) is 10.9. The van der Waals surface area contributed by atoms with E-state index in [1.807, 2.05) is 25.1 Å². The van der Waals surface area contributed by atoms with E-state index in [0.29, 0.717) is 12.3 Å². The van der Waals surface area contributed by atoms with Crippen molar-refractivity contribution in [3.05, 3.63) is 30.0 Å². The van der Waals surface area contributed by atoms with Gasteiger partial charge in [0, 0.05) is 18.0 Å². The molecule has 1 amide bonds. The molecule has 1 aromatic carbocycles. The number of H-pyrrole nitrogens is 1. The summed E-state index contributed by atoms with van der Waals surface area (Å²) < 4.78 is 5.41. The number of nitrogens with zero attached hydrogens (tertiary/aromatic N) is 1. The number of aromatic amines is 1. The quantitative estimate of drug-likeness (QED) is 0.577. The third-order valence-electron chi connectivity index (χ3n) is 2.80. The zero-order chi connectivity index (χ0) is 14.0. The topological polar surface area (TPSA) is 95.2 Å². The van der Waals surface area contributed by atoms with Crippen LogP contribution in [0.3, 0.4) is 0 Å². The third kappa shape index (κ3) is 2.52. The number of benzene rings is 1. The minimum atomic E-state index is -0.346. The molecule has 0 spiro atoms. The Bertz CT molecular complexity index is 633. The molecule has 0 unspecified atom stereocenters. The number of carbonyl (C=O) groups is 1. The molecule has 0 atom stereocenters. The van der Waals surface area contributed by atoms with Crippen molar-refractivity contribution >= 4 is 22.8 Å². The van der Waals surface area contributed by atoms with Gasteiger partial charge in [0.15, 0.2) is 5.96 Å². The number of aromatic nitrogens is 1. The van der Waals surface area contributed by atoms with Crippen LogP contribution in [-0.4, -0.2) is 35.4 Å². The molecule has 0 saturated carbocycles. The first-order valence-electron chi connectivity index (χ1n) is 5.90. The molecule has 4 N–H and O–H groups in total. The van der Waals surface area contributed by atoms with Crippen molar-refractivity contribution < 1.29 is 9.53 Å². The minimum absolute atomic E-state index is 0.293. The summed E-state index contributed by atoms with van der Waals surface area (Å²) >= 11 is 0. The van der Waals surface area contributed by atoms with Gasteiger partial charge in [-0.2, -0.15) is 0 Å². The van der Waals surface area contributed by atoms with E-state index in [0.717, 1.165) is 21.6 Å². The fraction of sp³-hybridized carbons (Fsp3) is 0.231. The SMILES string of the molecule is CCOc1ccc2[nH]c(C(=O)N(C)C(=N)N)cc2c1. The monoisotopic (exact) mass is 260 g/mol. The van der Waals surface area contributed by atoms with E-state index in [1.54, 1.807) is 6.07 Å². The van der Waals surface area contributed by atoms with Gasteiger partial charge in [0.05, 0.1) is 6.61 Å². The van der Waals surface area contributed by atoms with Crippen LogP contribution in [0.1, 0.15) is 17.4 Å². The van der Waals surface area contributed by atoms with Crippen molar-refractivity contribution in [1.29, 1.82) is 5.41 Å². The van der Waals surface area contributed by atoms with E-state index in [4.69, 9.17) is 15.9 Å². The highest BCUT2D eigenvalue weighted by molar-refractivity contribution is 6.05. The second kappa shape index (κ2) is 5.01. The Kier molecular flexibility index (Phi) is 3.41. The average Bonchev–Trinajstić information content (AvgIpc) is 2.80. The van der Waals surface area contributed by atoms with Crippen LogP contribution in [0, 0.1) is 5.41 Å². The zero-order valence-corrected chi connectivity index (χ0v) is 10.9. The van der Waals surface area contributed by atoms with E-state index in [2.05, 4.69) is 4.98 Å². The van der Waals surface area contributed by atoms with E-state index in [9.17, 15) is 4.79 Å². The van der Waals surface area contributed by atoms with E-state index >= 15 is 0 Å². The summed E-state index contributed by atoms with van der Waals surface area (Å²) in [7, 11) is 1.46. The van der Waals surface area contributed by atoms with Crippen molar-refractivity contribution in [3.8, 4) is 5.75 Å². The standard InChI is InChI=1S/C13H16N4O2/c1-3-19-9-4-5-10-8(6-9)7-11(16-10)12(18)17(2)13(14)15/h4-7,16H,3H2,1-2H3,(H3,14,15). The van der Waals surface area contributed by atoms with Gasteiger partial charge in [-0.1, -0.05) is 0 Å². The maximum atomic E-state index is 12.0. The van der Waals surface area contributed by atoms with Gasteiger partial charge in [0.1, 0.15) is 11.4 Å². The van der Waals surface area contributed by atoms with Gasteiger partial charge in [-0.15, -0.1) is 0 Å². The van der Waals surface area contributed by atoms with Gasteiger partial charge in [0.25, 0.3) is 5.91 Å². The molecule has 6 nitrogen and oxygen atoms in total. The molecule has 0 bridgehead atoms. The highest BCUT2D eigenvalue weighted by atomic mass is 16.5.